The molecular formula is C74H76BN3O. The van der Waals surface area contributed by atoms with Gasteiger partial charge in [0.15, 0.2) is 0 Å². The van der Waals surface area contributed by atoms with E-state index < -0.39 is 0 Å². The smallest absolute Gasteiger partial charge is 0.252 e. The van der Waals surface area contributed by atoms with Gasteiger partial charge in [0.05, 0.1) is 5.69 Å². The normalized spacial score (nSPS) is 13.7. The molecule has 12 rings (SSSR count). The molecule has 1 aromatic heterocycles. The number of fused-ring (bicyclic) bond motifs is 7. The molecule has 0 fully saturated rings. The quantitative estimate of drug-likeness (QED) is 0.155. The van der Waals surface area contributed by atoms with E-state index in [0.717, 1.165) is 67.2 Å². The molecule has 0 bridgehead atoms. The van der Waals surface area contributed by atoms with Gasteiger partial charge < -0.3 is 19.1 Å². The van der Waals surface area contributed by atoms with Crippen LogP contribution in [0.1, 0.15) is 132 Å². The molecule has 0 N–H and O–H groups in total. The molecule has 0 unspecified atom stereocenters. The van der Waals surface area contributed by atoms with Crippen LogP contribution in [0.5, 0.6) is 0 Å². The van der Waals surface area contributed by atoms with Gasteiger partial charge in [-0.1, -0.05) is 213 Å². The molecule has 0 radical (unpaired) electrons. The molecule has 0 spiro atoms. The average Bonchev–Trinajstić information content (AvgIpc) is 3.16. The van der Waals surface area contributed by atoms with Crippen molar-refractivity contribution in [2.24, 2.45) is 0 Å². The van der Waals surface area contributed by atoms with Crippen LogP contribution in [0.25, 0.3) is 33.1 Å². The van der Waals surface area contributed by atoms with E-state index in [-0.39, 0.29) is 33.8 Å². The number of hydrogen-bond donors (Lipinski definition) is 0. The molecule has 396 valence electrons. The van der Waals surface area contributed by atoms with Crippen molar-refractivity contribution in [3.63, 3.8) is 0 Å². The van der Waals surface area contributed by atoms with E-state index in [1.807, 2.05) is 6.07 Å². The lowest BCUT2D eigenvalue weighted by Crippen LogP contribution is -2.61. The lowest BCUT2D eigenvalue weighted by Gasteiger charge is -2.45. The van der Waals surface area contributed by atoms with Crippen molar-refractivity contribution in [2.75, 3.05) is 14.7 Å². The van der Waals surface area contributed by atoms with Gasteiger partial charge in [0.25, 0.3) is 6.71 Å². The summed E-state index contributed by atoms with van der Waals surface area (Å²) in [5.74, 6) is 0. The van der Waals surface area contributed by atoms with Crippen LogP contribution >= 0.6 is 0 Å². The summed E-state index contributed by atoms with van der Waals surface area (Å²) >= 11 is 0. The highest BCUT2D eigenvalue weighted by atomic mass is 16.3. The number of benzene rings is 9. The first-order valence-corrected chi connectivity index (χ1v) is 28.5. The van der Waals surface area contributed by atoms with Crippen LogP contribution in [-0.4, -0.2) is 6.71 Å². The highest BCUT2D eigenvalue weighted by molar-refractivity contribution is 7.00. The monoisotopic (exact) mass is 1030 g/mol. The molecule has 0 saturated heterocycles. The van der Waals surface area contributed by atoms with Gasteiger partial charge in [0.1, 0.15) is 11.2 Å². The molecule has 5 heteroatoms. The Hall–Kier alpha value is -7.76. The van der Waals surface area contributed by atoms with Crippen LogP contribution in [0.15, 0.2) is 192 Å². The third kappa shape index (κ3) is 9.13. The van der Waals surface area contributed by atoms with Crippen molar-refractivity contribution in [3.05, 3.63) is 216 Å². The third-order valence-electron chi connectivity index (χ3n) is 16.9. The molecule has 4 nitrogen and oxygen atoms in total. The van der Waals surface area contributed by atoms with Gasteiger partial charge in [-0.15, -0.1) is 0 Å². The maximum Gasteiger partial charge on any atom is 0.252 e. The zero-order chi connectivity index (χ0) is 55.7. The third-order valence-corrected chi connectivity index (χ3v) is 16.9. The number of hydrogen-bond acceptors (Lipinski definition) is 4. The molecule has 9 aromatic carbocycles. The van der Waals surface area contributed by atoms with Crippen LogP contribution in [-0.2, 0) is 27.1 Å². The summed E-state index contributed by atoms with van der Waals surface area (Å²) in [6.07, 6.45) is 0. The lowest BCUT2D eigenvalue weighted by atomic mass is 9.33. The maximum atomic E-state index is 6.62. The van der Waals surface area contributed by atoms with E-state index in [9.17, 15) is 0 Å². The van der Waals surface area contributed by atoms with Crippen molar-refractivity contribution < 1.29 is 4.42 Å². The van der Waals surface area contributed by atoms with Crippen molar-refractivity contribution in [3.8, 4) is 11.1 Å². The zero-order valence-electron chi connectivity index (χ0n) is 49.2. The second kappa shape index (κ2) is 18.4. The predicted octanol–water partition coefficient (Wildman–Crippen LogP) is 19.3. The van der Waals surface area contributed by atoms with Crippen molar-refractivity contribution in [2.45, 2.75) is 131 Å². The number of nitrogens with zero attached hydrogens (tertiary/aromatic N) is 3. The topological polar surface area (TPSA) is 22.9 Å². The zero-order valence-corrected chi connectivity index (χ0v) is 49.2. The average molecular weight is 1030 g/mol. The minimum Gasteiger partial charge on any atom is -0.455 e. The van der Waals surface area contributed by atoms with Gasteiger partial charge >= 0.3 is 0 Å². The molecule has 2 aliphatic rings. The second-order valence-electron chi connectivity index (χ2n) is 27.6. The van der Waals surface area contributed by atoms with Gasteiger partial charge in [0.2, 0.25) is 0 Å². The summed E-state index contributed by atoms with van der Waals surface area (Å²) in [5, 5.41) is 2.26. The Bertz CT molecular complexity index is 3900. The molecule has 79 heavy (non-hydrogen) atoms. The van der Waals surface area contributed by atoms with Crippen molar-refractivity contribution >= 4 is 96.2 Å². The first-order chi connectivity index (χ1) is 37.3. The molecule has 0 atom stereocenters. The van der Waals surface area contributed by atoms with E-state index in [2.05, 4.69) is 301 Å². The minimum absolute atomic E-state index is 0.000873. The molecule has 3 heterocycles. The summed E-state index contributed by atoms with van der Waals surface area (Å²) in [5.41, 5.74) is 24.6. The first kappa shape index (κ1) is 52.0. The van der Waals surface area contributed by atoms with Gasteiger partial charge in [0, 0.05) is 61.8 Å². The van der Waals surface area contributed by atoms with Crippen molar-refractivity contribution in [1.29, 1.82) is 0 Å². The summed E-state index contributed by atoms with van der Waals surface area (Å²) < 4.78 is 6.62. The van der Waals surface area contributed by atoms with Gasteiger partial charge in [-0.05, 0) is 156 Å². The molecule has 0 amide bonds. The fourth-order valence-corrected chi connectivity index (χ4v) is 12.2. The molecule has 2 aliphatic heterocycles. The van der Waals surface area contributed by atoms with Gasteiger partial charge in [-0.25, -0.2) is 0 Å². The standard InChI is InChI=1S/C74H76BN3O/c1-70(2,3)48-25-35-53(36-26-48)76(54-37-27-49(28-38-54)71(4,5)6)57-45-65-68-66(46-57)78(56-39-29-50(30-40-56)72(7,8)9)64-42-32-52(74(13,14)15)44-62(64)75(68)61-43-51(73(10,11)12)31-41-63(61)77(65)55-33-23-47(24-34-55)58-20-18-21-60-59-19-16-17-22-67(59)79-69(58)60/h16-46H,1-15H3. The Morgan fingerprint density at radius 3 is 1.22 bits per heavy atom. The van der Waals surface area contributed by atoms with Crippen LogP contribution in [0.3, 0.4) is 0 Å². The Labute approximate surface area is 470 Å². The van der Waals surface area contributed by atoms with Crippen LogP contribution in [0, 0.1) is 0 Å². The summed E-state index contributed by atoms with van der Waals surface area (Å²) in [6, 6.07) is 71.7. The summed E-state index contributed by atoms with van der Waals surface area (Å²) in [7, 11) is 0. The molecule has 10 aromatic rings. The number of rotatable bonds is 6. The largest absolute Gasteiger partial charge is 0.455 e. The predicted molar refractivity (Wildman–Crippen MR) is 341 cm³/mol. The fourth-order valence-electron chi connectivity index (χ4n) is 12.2. The van der Waals surface area contributed by atoms with E-state index in [0.29, 0.717) is 0 Å². The maximum absolute atomic E-state index is 6.62. The van der Waals surface area contributed by atoms with Gasteiger partial charge in [-0.3, -0.25) is 0 Å². The highest BCUT2D eigenvalue weighted by Crippen LogP contribution is 2.50. The molecular weight excluding hydrogens is 958 g/mol. The highest BCUT2D eigenvalue weighted by Gasteiger charge is 2.45. The van der Waals surface area contributed by atoms with E-state index in [1.165, 1.54) is 61.3 Å². The van der Waals surface area contributed by atoms with Gasteiger partial charge in [-0.2, -0.15) is 0 Å². The van der Waals surface area contributed by atoms with E-state index in [1.54, 1.807) is 0 Å². The Morgan fingerprint density at radius 2 is 0.759 bits per heavy atom. The lowest BCUT2D eigenvalue weighted by molar-refractivity contribution is 0.590. The van der Waals surface area contributed by atoms with Crippen LogP contribution in [0.2, 0.25) is 0 Å². The first-order valence-electron chi connectivity index (χ1n) is 28.5. The minimum atomic E-state index is -0.0800. The number of para-hydroxylation sites is 2. The Morgan fingerprint density at radius 1 is 0.354 bits per heavy atom. The second-order valence-corrected chi connectivity index (χ2v) is 27.6. The fraction of sp³-hybridized carbons (Fsp3) is 0.270. The Balaban J connectivity index is 1.17. The van der Waals surface area contributed by atoms with E-state index >= 15 is 0 Å². The molecule has 0 aliphatic carbocycles. The van der Waals surface area contributed by atoms with E-state index in [4.69, 9.17) is 4.42 Å². The summed E-state index contributed by atoms with van der Waals surface area (Å²) in [4.78, 5) is 7.62. The van der Waals surface area contributed by atoms with Crippen LogP contribution < -0.4 is 31.1 Å². The number of anilines is 9. The van der Waals surface area contributed by atoms with Crippen LogP contribution in [0.4, 0.5) is 51.2 Å². The SMILES string of the molecule is CC(C)(C)c1ccc(N(c2ccc(C(C)(C)C)cc2)c2cc3c4c(c2)N(c2ccc(C(C)(C)C)cc2)c2ccc(C(C)(C)C)cc2B4c2cc(C(C)(C)C)ccc2N3c2ccc(-c3cccc4c3oc3ccccc34)cc2)cc1. The summed E-state index contributed by atoms with van der Waals surface area (Å²) in [6.45, 7) is 34.7. The number of furan rings is 1. The van der Waals surface area contributed by atoms with Crippen molar-refractivity contribution in [1.82, 2.24) is 0 Å². The Kier molecular flexibility index (Phi) is 12.1. The molecule has 0 saturated carbocycles.